The number of rotatable bonds is 4. The summed E-state index contributed by atoms with van der Waals surface area (Å²) in [6, 6.07) is 19.7. The predicted molar refractivity (Wildman–Crippen MR) is 111 cm³/mol. The van der Waals surface area contributed by atoms with E-state index < -0.39 is 23.5 Å². The highest BCUT2D eigenvalue weighted by molar-refractivity contribution is 6.51. The molecule has 0 radical (unpaired) electrons. The number of ketones is 1. The van der Waals surface area contributed by atoms with Crippen LogP contribution in [0.15, 0.2) is 84.4 Å². The van der Waals surface area contributed by atoms with E-state index in [1.807, 2.05) is 0 Å². The third kappa shape index (κ3) is 3.22. The number of carbonyl (C=O) groups is 2. The molecule has 3 aromatic carbocycles. The summed E-state index contributed by atoms with van der Waals surface area (Å²) in [7, 11) is 1.51. The van der Waals surface area contributed by atoms with Crippen molar-refractivity contribution in [1.29, 1.82) is 0 Å². The first kappa shape index (κ1) is 19.4. The van der Waals surface area contributed by atoms with Gasteiger partial charge in [-0.05, 0) is 30.3 Å². The van der Waals surface area contributed by atoms with Crippen LogP contribution in [0.4, 0.5) is 10.1 Å². The van der Waals surface area contributed by atoms with Crippen molar-refractivity contribution >= 4 is 23.1 Å². The lowest BCUT2D eigenvalue weighted by molar-refractivity contribution is -0.132. The van der Waals surface area contributed by atoms with Crippen LogP contribution in [0.1, 0.15) is 17.2 Å². The first-order valence-corrected chi connectivity index (χ1v) is 9.28. The van der Waals surface area contributed by atoms with Crippen molar-refractivity contribution < 1.29 is 23.8 Å². The summed E-state index contributed by atoms with van der Waals surface area (Å²) in [6.07, 6.45) is 0. The topological polar surface area (TPSA) is 66.8 Å². The van der Waals surface area contributed by atoms with E-state index in [2.05, 4.69) is 0 Å². The summed E-state index contributed by atoms with van der Waals surface area (Å²) in [6.45, 7) is 0. The number of halogens is 1. The molecule has 1 amide bonds. The highest BCUT2D eigenvalue weighted by Crippen LogP contribution is 2.43. The fraction of sp³-hybridized carbons (Fsp3) is 0.0833. The molecule has 0 saturated carbocycles. The van der Waals surface area contributed by atoms with E-state index in [4.69, 9.17) is 4.74 Å². The van der Waals surface area contributed by atoms with Crippen LogP contribution in [0.5, 0.6) is 5.75 Å². The highest BCUT2D eigenvalue weighted by atomic mass is 19.1. The summed E-state index contributed by atoms with van der Waals surface area (Å²) in [5, 5.41) is 10.9. The van der Waals surface area contributed by atoms with Gasteiger partial charge in [0.2, 0.25) is 0 Å². The van der Waals surface area contributed by atoms with Gasteiger partial charge < -0.3 is 9.84 Å². The fourth-order valence-electron chi connectivity index (χ4n) is 3.58. The monoisotopic (exact) mass is 403 g/mol. The third-order valence-corrected chi connectivity index (χ3v) is 5.04. The molecular formula is C24H18FNO4. The maximum Gasteiger partial charge on any atom is 0.300 e. The molecule has 1 saturated heterocycles. The highest BCUT2D eigenvalue weighted by Gasteiger charge is 2.47. The Hall–Kier alpha value is -3.93. The Kier molecular flexibility index (Phi) is 5.06. The SMILES string of the molecule is COc1ccc(N2C(=O)C(=O)C(=C(O)c3ccccc3)C2c2ccccc2F)cc1. The quantitative estimate of drug-likeness (QED) is 0.397. The molecule has 0 aliphatic carbocycles. The lowest BCUT2D eigenvalue weighted by atomic mass is 9.94. The molecule has 150 valence electrons. The van der Waals surface area contributed by atoms with Gasteiger partial charge in [0.1, 0.15) is 17.3 Å². The molecule has 30 heavy (non-hydrogen) atoms. The van der Waals surface area contributed by atoms with E-state index in [0.717, 1.165) is 0 Å². The van der Waals surface area contributed by atoms with Crippen molar-refractivity contribution in [2.75, 3.05) is 12.0 Å². The van der Waals surface area contributed by atoms with Crippen molar-refractivity contribution in [2.24, 2.45) is 0 Å². The molecule has 1 aliphatic heterocycles. The van der Waals surface area contributed by atoms with Gasteiger partial charge >= 0.3 is 0 Å². The molecule has 1 aliphatic rings. The summed E-state index contributed by atoms with van der Waals surface area (Å²) in [4.78, 5) is 27.1. The molecule has 4 rings (SSSR count). The number of methoxy groups -OCH3 is 1. The first-order chi connectivity index (χ1) is 14.5. The molecule has 5 nitrogen and oxygen atoms in total. The van der Waals surface area contributed by atoms with Gasteiger partial charge in [-0.25, -0.2) is 4.39 Å². The van der Waals surface area contributed by atoms with Crippen LogP contribution >= 0.6 is 0 Å². The molecule has 1 fully saturated rings. The first-order valence-electron chi connectivity index (χ1n) is 9.28. The lowest BCUT2D eigenvalue weighted by Gasteiger charge is -2.25. The molecule has 1 unspecified atom stereocenters. The zero-order chi connectivity index (χ0) is 21.3. The standard InChI is InChI=1S/C24H18FNO4/c1-30-17-13-11-16(12-14-17)26-21(18-9-5-6-10-19(18)25)20(23(28)24(26)29)22(27)15-7-3-2-4-8-15/h2-14,21,27H,1H3. The van der Waals surface area contributed by atoms with Crippen LogP contribution in [0.25, 0.3) is 5.76 Å². The molecule has 1 atom stereocenters. The Morgan fingerprint density at radius 3 is 2.20 bits per heavy atom. The maximum absolute atomic E-state index is 14.8. The molecule has 1 heterocycles. The summed E-state index contributed by atoms with van der Waals surface area (Å²) in [5.74, 6) is -2.08. The number of hydrogen-bond donors (Lipinski definition) is 1. The number of aliphatic hydroxyl groups is 1. The van der Waals surface area contributed by atoms with Crippen molar-refractivity contribution in [3.8, 4) is 5.75 Å². The molecule has 1 N–H and O–H groups in total. The Balaban J connectivity index is 1.95. The lowest BCUT2D eigenvalue weighted by Crippen LogP contribution is -2.29. The Morgan fingerprint density at radius 2 is 1.57 bits per heavy atom. The fourth-order valence-corrected chi connectivity index (χ4v) is 3.58. The molecule has 0 bridgehead atoms. The number of carbonyl (C=O) groups excluding carboxylic acids is 2. The van der Waals surface area contributed by atoms with E-state index in [1.165, 1.54) is 30.2 Å². The van der Waals surface area contributed by atoms with Crippen LogP contribution in [-0.2, 0) is 9.59 Å². The van der Waals surface area contributed by atoms with Gasteiger partial charge in [0, 0.05) is 16.8 Å². The summed E-state index contributed by atoms with van der Waals surface area (Å²) in [5.41, 5.74) is 0.710. The van der Waals surface area contributed by atoms with Gasteiger partial charge in [-0.2, -0.15) is 0 Å². The normalized spacial score (nSPS) is 17.9. The number of Topliss-reactive ketones (excluding diaryl/α,β-unsaturated/α-hetero) is 1. The molecule has 0 aromatic heterocycles. The van der Waals surface area contributed by atoms with Crippen molar-refractivity contribution in [3.05, 3.63) is 101 Å². The number of hydrogen-bond acceptors (Lipinski definition) is 4. The van der Waals surface area contributed by atoms with Crippen LogP contribution in [0.3, 0.4) is 0 Å². The predicted octanol–water partition coefficient (Wildman–Crippen LogP) is 4.46. The molecular weight excluding hydrogens is 385 g/mol. The van der Waals surface area contributed by atoms with Gasteiger partial charge in [-0.3, -0.25) is 14.5 Å². The van der Waals surface area contributed by atoms with E-state index in [1.54, 1.807) is 60.7 Å². The van der Waals surface area contributed by atoms with E-state index in [0.29, 0.717) is 17.0 Å². The zero-order valence-corrected chi connectivity index (χ0v) is 16.1. The Labute approximate surface area is 172 Å². The van der Waals surface area contributed by atoms with Crippen molar-refractivity contribution in [3.63, 3.8) is 0 Å². The summed E-state index contributed by atoms with van der Waals surface area (Å²) < 4.78 is 19.9. The number of aliphatic hydroxyl groups excluding tert-OH is 1. The van der Waals surface area contributed by atoms with E-state index >= 15 is 0 Å². The Morgan fingerprint density at radius 1 is 0.933 bits per heavy atom. The van der Waals surface area contributed by atoms with E-state index in [-0.39, 0.29) is 16.9 Å². The van der Waals surface area contributed by atoms with E-state index in [9.17, 15) is 19.1 Å². The van der Waals surface area contributed by atoms with Crippen LogP contribution < -0.4 is 9.64 Å². The zero-order valence-electron chi connectivity index (χ0n) is 16.1. The molecule has 6 heteroatoms. The molecule has 3 aromatic rings. The van der Waals surface area contributed by atoms with Crippen LogP contribution in [0.2, 0.25) is 0 Å². The van der Waals surface area contributed by atoms with Gasteiger partial charge in [0.25, 0.3) is 11.7 Å². The van der Waals surface area contributed by atoms with Crippen molar-refractivity contribution in [1.82, 2.24) is 0 Å². The third-order valence-electron chi connectivity index (χ3n) is 5.04. The van der Waals surface area contributed by atoms with Crippen LogP contribution in [-0.4, -0.2) is 23.9 Å². The second kappa shape index (κ2) is 7.83. The number of ether oxygens (including phenoxy) is 1. The number of amides is 1. The van der Waals surface area contributed by atoms with Gasteiger partial charge in [0.05, 0.1) is 18.7 Å². The molecule has 0 spiro atoms. The van der Waals surface area contributed by atoms with Crippen LogP contribution in [0, 0.1) is 5.82 Å². The number of nitrogens with zero attached hydrogens (tertiary/aromatic N) is 1. The van der Waals surface area contributed by atoms with Gasteiger partial charge in [0.15, 0.2) is 0 Å². The number of benzene rings is 3. The average molecular weight is 403 g/mol. The second-order valence-electron chi connectivity index (χ2n) is 6.75. The van der Waals surface area contributed by atoms with Gasteiger partial charge in [-0.1, -0.05) is 48.5 Å². The number of anilines is 1. The minimum atomic E-state index is -1.11. The minimum Gasteiger partial charge on any atom is -0.507 e. The largest absolute Gasteiger partial charge is 0.507 e. The average Bonchev–Trinajstić information content (AvgIpc) is 3.04. The smallest absolute Gasteiger partial charge is 0.300 e. The van der Waals surface area contributed by atoms with Gasteiger partial charge in [-0.15, -0.1) is 0 Å². The van der Waals surface area contributed by atoms with Crippen molar-refractivity contribution in [2.45, 2.75) is 6.04 Å². The minimum absolute atomic E-state index is 0.116. The second-order valence-corrected chi connectivity index (χ2v) is 6.75. The maximum atomic E-state index is 14.8. The summed E-state index contributed by atoms with van der Waals surface area (Å²) >= 11 is 0. The Bertz CT molecular complexity index is 1140.